The van der Waals surface area contributed by atoms with Crippen LogP contribution in [0.15, 0.2) is 28.7 Å². The van der Waals surface area contributed by atoms with Crippen LogP contribution in [0.4, 0.5) is 0 Å². The van der Waals surface area contributed by atoms with Gasteiger partial charge in [0.25, 0.3) is 5.91 Å². The lowest BCUT2D eigenvalue weighted by Crippen LogP contribution is -2.42. The fourth-order valence-electron chi connectivity index (χ4n) is 3.05. The van der Waals surface area contributed by atoms with Crippen LogP contribution in [0, 0.1) is 0 Å². The summed E-state index contributed by atoms with van der Waals surface area (Å²) in [5.41, 5.74) is 1.07. The van der Waals surface area contributed by atoms with Crippen molar-refractivity contribution in [1.82, 2.24) is 5.32 Å². The second-order valence-corrected chi connectivity index (χ2v) is 8.72. The van der Waals surface area contributed by atoms with E-state index in [1.807, 2.05) is 6.07 Å². The number of hydrogen-bond donors (Lipinski definition) is 1. The normalized spacial score (nSPS) is 19.7. The number of rotatable bonds is 6. The number of nitrogens with one attached hydrogen (secondary N) is 1. The molecule has 3 rings (SSSR count). The molecule has 1 aromatic heterocycles. The van der Waals surface area contributed by atoms with E-state index in [2.05, 4.69) is 5.32 Å². The summed E-state index contributed by atoms with van der Waals surface area (Å²) < 4.78 is 38.9. The molecule has 9 heteroatoms. The molecule has 0 spiro atoms. The predicted octanol–water partition coefficient (Wildman–Crippen LogP) is 1.43. The Balaban J connectivity index is 1.70. The van der Waals surface area contributed by atoms with E-state index in [0.717, 1.165) is 5.39 Å². The fraction of sp³-hybridized carbons (Fsp3) is 0.444. The van der Waals surface area contributed by atoms with Crippen LogP contribution in [0.1, 0.15) is 29.5 Å². The zero-order chi connectivity index (χ0) is 19.6. The van der Waals surface area contributed by atoms with E-state index in [1.165, 1.54) is 14.0 Å². The molecule has 2 aromatic rings. The Hall–Kier alpha value is -2.39. The van der Waals surface area contributed by atoms with Crippen molar-refractivity contribution in [3.8, 4) is 0 Å². The molecule has 0 unspecified atom stereocenters. The van der Waals surface area contributed by atoms with Gasteiger partial charge >= 0.3 is 5.97 Å². The minimum atomic E-state index is -3.11. The summed E-state index contributed by atoms with van der Waals surface area (Å²) in [5.74, 6) is -1.39. The highest BCUT2D eigenvalue weighted by Crippen LogP contribution is 2.27. The molecular formula is C18H21NO7S. The van der Waals surface area contributed by atoms with Crippen molar-refractivity contribution in [2.75, 3.05) is 18.6 Å². The average molecular weight is 395 g/mol. The number of para-hydroxylation sites is 1. The van der Waals surface area contributed by atoms with Gasteiger partial charge in [-0.2, -0.15) is 0 Å². The van der Waals surface area contributed by atoms with E-state index >= 15 is 0 Å². The summed E-state index contributed by atoms with van der Waals surface area (Å²) in [7, 11) is -1.61. The molecule has 0 radical (unpaired) electrons. The second-order valence-electron chi connectivity index (χ2n) is 6.49. The smallest absolute Gasteiger partial charge is 0.375 e. The third kappa shape index (κ3) is 4.30. The van der Waals surface area contributed by atoms with Gasteiger partial charge in [-0.3, -0.25) is 4.79 Å². The van der Waals surface area contributed by atoms with Crippen LogP contribution < -0.4 is 5.32 Å². The number of amides is 1. The maximum absolute atomic E-state index is 12.5. The second kappa shape index (κ2) is 7.69. The molecule has 27 heavy (non-hydrogen) atoms. The van der Waals surface area contributed by atoms with Gasteiger partial charge in [0, 0.05) is 24.1 Å². The Morgan fingerprint density at radius 1 is 1.33 bits per heavy atom. The maximum atomic E-state index is 12.5. The number of furan rings is 1. The number of benzene rings is 1. The lowest BCUT2D eigenvalue weighted by Gasteiger charge is -2.16. The first-order valence-corrected chi connectivity index (χ1v) is 10.3. The Morgan fingerprint density at radius 3 is 2.74 bits per heavy atom. The number of methoxy groups -OCH3 is 1. The molecule has 1 N–H and O–H groups in total. The number of carbonyl (C=O) groups is 2. The molecule has 1 aliphatic heterocycles. The summed E-state index contributed by atoms with van der Waals surface area (Å²) in [6, 6.07) is 6.67. The minimum absolute atomic E-state index is 0.0128. The number of sulfone groups is 1. The molecule has 2 atom stereocenters. The molecule has 2 heterocycles. The van der Waals surface area contributed by atoms with Crippen LogP contribution in [-0.2, 0) is 30.7 Å². The van der Waals surface area contributed by atoms with Crippen LogP contribution in [0.2, 0.25) is 0 Å². The third-order valence-corrected chi connectivity index (χ3v) is 6.17. The molecule has 1 aromatic carbocycles. The molecule has 1 saturated heterocycles. The van der Waals surface area contributed by atoms with Crippen LogP contribution in [0.3, 0.4) is 0 Å². The lowest BCUT2D eigenvalue weighted by atomic mass is 10.1. The van der Waals surface area contributed by atoms with Gasteiger partial charge in [-0.1, -0.05) is 18.2 Å². The number of hydrogen-bond acceptors (Lipinski definition) is 7. The lowest BCUT2D eigenvalue weighted by molar-refractivity contribution is -0.129. The van der Waals surface area contributed by atoms with E-state index in [4.69, 9.17) is 13.9 Å². The van der Waals surface area contributed by atoms with E-state index in [1.54, 1.807) is 18.2 Å². The quantitative estimate of drug-likeness (QED) is 0.736. The molecule has 1 amide bonds. The standard InChI is InChI=1S/C18H21NO7S/c1-11(17(20)19-12-7-8-27(22,23)10-12)25-18(21)16-14(9-24-2)13-5-3-4-6-15(13)26-16/h3-6,11-12H,7-10H2,1-2H3,(H,19,20)/t11-,12-/m1/s1. The largest absolute Gasteiger partial charge is 0.449 e. The van der Waals surface area contributed by atoms with Gasteiger partial charge in [-0.15, -0.1) is 0 Å². The molecule has 1 aliphatic rings. The molecule has 1 fully saturated rings. The number of fused-ring (bicyclic) bond motifs is 1. The molecule has 0 aliphatic carbocycles. The van der Waals surface area contributed by atoms with Crippen LogP contribution in [0.5, 0.6) is 0 Å². The van der Waals surface area contributed by atoms with Crippen molar-refractivity contribution in [3.05, 3.63) is 35.6 Å². The minimum Gasteiger partial charge on any atom is -0.449 e. The molecule has 0 bridgehead atoms. The summed E-state index contributed by atoms with van der Waals surface area (Å²) in [6.45, 7) is 1.58. The van der Waals surface area contributed by atoms with Crippen molar-refractivity contribution >= 4 is 32.7 Å². The first kappa shape index (κ1) is 19.4. The van der Waals surface area contributed by atoms with Crippen molar-refractivity contribution < 1.29 is 31.9 Å². The first-order chi connectivity index (χ1) is 12.8. The molecular weight excluding hydrogens is 374 g/mol. The zero-order valence-electron chi connectivity index (χ0n) is 15.1. The highest BCUT2D eigenvalue weighted by atomic mass is 32.2. The molecule has 0 saturated carbocycles. The molecule has 8 nitrogen and oxygen atoms in total. The van der Waals surface area contributed by atoms with Crippen molar-refractivity contribution in [2.45, 2.75) is 32.1 Å². The van der Waals surface area contributed by atoms with E-state index in [0.29, 0.717) is 17.6 Å². The van der Waals surface area contributed by atoms with Crippen LogP contribution in [0.25, 0.3) is 11.0 Å². The number of ether oxygens (including phenoxy) is 2. The Bertz CT molecular complexity index is 963. The van der Waals surface area contributed by atoms with Gasteiger partial charge in [0.1, 0.15) is 5.58 Å². The number of esters is 1. The van der Waals surface area contributed by atoms with Crippen LogP contribution in [-0.4, -0.2) is 51.1 Å². The summed E-state index contributed by atoms with van der Waals surface area (Å²) in [5, 5.41) is 3.34. The molecule has 146 valence electrons. The fourth-order valence-corrected chi connectivity index (χ4v) is 4.72. The summed E-state index contributed by atoms with van der Waals surface area (Å²) in [6.07, 6.45) is -0.736. The Morgan fingerprint density at radius 2 is 2.07 bits per heavy atom. The van der Waals surface area contributed by atoms with Gasteiger partial charge in [-0.05, 0) is 19.4 Å². The monoisotopic (exact) mass is 395 g/mol. The summed E-state index contributed by atoms with van der Waals surface area (Å²) in [4.78, 5) is 24.7. The van der Waals surface area contributed by atoms with Gasteiger partial charge in [0.2, 0.25) is 5.76 Å². The van der Waals surface area contributed by atoms with Crippen molar-refractivity contribution in [1.29, 1.82) is 0 Å². The van der Waals surface area contributed by atoms with E-state index in [-0.39, 0.29) is 23.9 Å². The van der Waals surface area contributed by atoms with Gasteiger partial charge in [0.15, 0.2) is 15.9 Å². The van der Waals surface area contributed by atoms with Gasteiger partial charge in [0.05, 0.1) is 18.1 Å². The van der Waals surface area contributed by atoms with Crippen LogP contribution >= 0.6 is 0 Å². The van der Waals surface area contributed by atoms with Crippen molar-refractivity contribution in [3.63, 3.8) is 0 Å². The predicted molar refractivity (Wildman–Crippen MR) is 97.0 cm³/mol. The van der Waals surface area contributed by atoms with Crippen molar-refractivity contribution in [2.24, 2.45) is 0 Å². The maximum Gasteiger partial charge on any atom is 0.375 e. The highest BCUT2D eigenvalue weighted by Gasteiger charge is 2.31. The van der Waals surface area contributed by atoms with E-state index in [9.17, 15) is 18.0 Å². The SMILES string of the molecule is COCc1c(C(=O)O[C@H](C)C(=O)N[C@@H]2CCS(=O)(=O)C2)oc2ccccc12. The number of carbonyl (C=O) groups excluding carboxylic acids is 2. The summed E-state index contributed by atoms with van der Waals surface area (Å²) >= 11 is 0. The topological polar surface area (TPSA) is 112 Å². The average Bonchev–Trinajstić information content (AvgIpc) is 3.15. The Labute approximate surface area is 156 Å². The van der Waals surface area contributed by atoms with Gasteiger partial charge < -0.3 is 19.2 Å². The zero-order valence-corrected chi connectivity index (χ0v) is 15.9. The first-order valence-electron chi connectivity index (χ1n) is 8.52. The highest BCUT2D eigenvalue weighted by molar-refractivity contribution is 7.91. The third-order valence-electron chi connectivity index (χ3n) is 4.40. The van der Waals surface area contributed by atoms with E-state index < -0.39 is 33.9 Å². The van der Waals surface area contributed by atoms with Gasteiger partial charge in [-0.25, -0.2) is 13.2 Å². The Kier molecular flexibility index (Phi) is 5.52.